The van der Waals surface area contributed by atoms with Gasteiger partial charge in [0.05, 0.1) is 12.3 Å². The summed E-state index contributed by atoms with van der Waals surface area (Å²) < 4.78 is 2.13. The van der Waals surface area contributed by atoms with Gasteiger partial charge in [0, 0.05) is 23.3 Å². The minimum atomic E-state index is -0.485. The van der Waals surface area contributed by atoms with Gasteiger partial charge in [0.2, 0.25) is 0 Å². The van der Waals surface area contributed by atoms with Crippen molar-refractivity contribution in [3.8, 4) is 11.8 Å². The molecule has 0 radical (unpaired) electrons. The third kappa shape index (κ3) is 3.62. The Kier molecular flexibility index (Phi) is 5.39. The number of benzene rings is 2. The number of aliphatic hydroxyl groups is 1. The Balaban J connectivity index is 2.09. The first kappa shape index (κ1) is 18.4. The molecule has 5 nitrogen and oxygen atoms in total. The normalized spacial score (nSPS) is 11.4. The van der Waals surface area contributed by atoms with Crippen LogP contribution in [0.3, 0.4) is 0 Å². The van der Waals surface area contributed by atoms with Crippen LogP contribution in [0.1, 0.15) is 17.0 Å². The van der Waals surface area contributed by atoms with Gasteiger partial charge in [-0.25, -0.2) is 0 Å². The Hall–Kier alpha value is -3.36. The van der Waals surface area contributed by atoms with Crippen molar-refractivity contribution in [1.82, 2.24) is 9.88 Å². The fourth-order valence-corrected chi connectivity index (χ4v) is 3.28. The van der Waals surface area contributed by atoms with Crippen LogP contribution in [0.2, 0.25) is 0 Å². The molecule has 0 spiro atoms. The van der Waals surface area contributed by atoms with Crippen LogP contribution >= 0.6 is 0 Å². The highest BCUT2D eigenvalue weighted by Crippen LogP contribution is 2.28. The molecule has 0 saturated heterocycles. The van der Waals surface area contributed by atoms with E-state index < -0.39 is 5.91 Å². The molecular weight excluding hydrogens is 338 g/mol. The van der Waals surface area contributed by atoms with Crippen LogP contribution in [0.25, 0.3) is 22.5 Å². The summed E-state index contributed by atoms with van der Waals surface area (Å²) in [6.07, 6.45) is 1.59. The molecule has 0 aliphatic rings. The zero-order valence-corrected chi connectivity index (χ0v) is 15.4. The van der Waals surface area contributed by atoms with Gasteiger partial charge in [-0.05, 0) is 43.0 Å². The summed E-state index contributed by atoms with van der Waals surface area (Å²) >= 11 is 0. The highest BCUT2D eigenvalue weighted by atomic mass is 16.3. The van der Waals surface area contributed by atoms with Crippen molar-refractivity contribution >= 4 is 22.8 Å². The number of aliphatic hydroxyl groups excluding tert-OH is 1. The van der Waals surface area contributed by atoms with Crippen molar-refractivity contribution in [2.45, 2.75) is 13.8 Å². The third-order valence-electron chi connectivity index (χ3n) is 4.54. The average Bonchev–Trinajstić information content (AvgIpc) is 2.96. The number of carbonyl (C=O) groups excluding carboxylic acids is 1. The predicted octanol–water partition coefficient (Wildman–Crippen LogP) is 3.26. The number of carbonyl (C=O) groups is 1. The lowest BCUT2D eigenvalue weighted by Crippen LogP contribution is -2.27. The third-order valence-corrected chi connectivity index (χ3v) is 4.54. The number of hydrogen-bond donors (Lipinski definition) is 2. The molecule has 0 bridgehead atoms. The second kappa shape index (κ2) is 7.90. The summed E-state index contributed by atoms with van der Waals surface area (Å²) in [5, 5.41) is 23.0. The SMILES string of the molecule is Cc1cc(/C=C(/C#N)C(=O)NCCO)c(C)n1-c1cccc2ccccc12. The van der Waals surface area contributed by atoms with Crippen molar-refractivity contribution in [3.05, 3.63) is 71.1 Å². The standard InChI is InChI=1S/C22H21N3O2/c1-15-12-18(13-19(14-23)22(27)24-10-11-26)16(2)25(15)21-9-5-7-17-6-3-4-8-20(17)21/h3-9,12-13,26H,10-11H2,1-2H3,(H,24,27)/b19-13-. The van der Waals surface area contributed by atoms with Gasteiger partial charge in [-0.3, -0.25) is 4.79 Å². The Morgan fingerprint density at radius 3 is 2.70 bits per heavy atom. The highest BCUT2D eigenvalue weighted by molar-refractivity contribution is 6.02. The molecule has 1 aromatic heterocycles. The molecule has 0 aliphatic carbocycles. The fraction of sp³-hybridized carbons (Fsp3) is 0.182. The number of amides is 1. The van der Waals surface area contributed by atoms with Crippen LogP contribution < -0.4 is 5.32 Å². The van der Waals surface area contributed by atoms with Crippen molar-refractivity contribution in [3.63, 3.8) is 0 Å². The largest absolute Gasteiger partial charge is 0.395 e. The molecule has 5 heteroatoms. The number of hydrogen-bond acceptors (Lipinski definition) is 3. The van der Waals surface area contributed by atoms with E-state index >= 15 is 0 Å². The Bertz CT molecular complexity index is 1070. The number of nitriles is 1. The van der Waals surface area contributed by atoms with E-state index in [4.69, 9.17) is 5.11 Å². The first-order chi connectivity index (χ1) is 13.1. The van der Waals surface area contributed by atoms with Crippen molar-refractivity contribution in [1.29, 1.82) is 5.26 Å². The van der Waals surface area contributed by atoms with Gasteiger partial charge in [-0.2, -0.15) is 5.26 Å². The van der Waals surface area contributed by atoms with E-state index in [2.05, 4.69) is 34.1 Å². The van der Waals surface area contributed by atoms with Crippen LogP contribution in [0, 0.1) is 25.2 Å². The van der Waals surface area contributed by atoms with Gasteiger partial charge in [0.15, 0.2) is 0 Å². The summed E-state index contributed by atoms with van der Waals surface area (Å²) in [5.74, 6) is -0.485. The number of rotatable bonds is 5. The zero-order chi connectivity index (χ0) is 19.4. The number of nitrogens with zero attached hydrogens (tertiary/aromatic N) is 2. The lowest BCUT2D eigenvalue weighted by molar-refractivity contribution is -0.117. The maximum atomic E-state index is 12.1. The molecule has 0 saturated carbocycles. The molecule has 0 aliphatic heterocycles. The second-order valence-electron chi connectivity index (χ2n) is 6.31. The van der Waals surface area contributed by atoms with Crippen LogP contribution in [0.15, 0.2) is 54.1 Å². The quantitative estimate of drug-likeness (QED) is 0.542. The molecular formula is C22H21N3O2. The molecule has 1 amide bonds. The Labute approximate surface area is 158 Å². The summed E-state index contributed by atoms with van der Waals surface area (Å²) in [5.41, 5.74) is 3.86. The minimum absolute atomic E-state index is 0.0154. The molecule has 27 heavy (non-hydrogen) atoms. The number of aromatic nitrogens is 1. The van der Waals surface area contributed by atoms with Crippen molar-refractivity contribution in [2.75, 3.05) is 13.2 Å². The van der Waals surface area contributed by atoms with E-state index in [-0.39, 0.29) is 18.7 Å². The molecule has 2 N–H and O–H groups in total. The fourth-order valence-electron chi connectivity index (χ4n) is 3.28. The summed E-state index contributed by atoms with van der Waals surface area (Å²) in [4.78, 5) is 12.1. The monoisotopic (exact) mass is 359 g/mol. The molecule has 1 heterocycles. The van der Waals surface area contributed by atoms with Gasteiger partial charge in [-0.15, -0.1) is 0 Å². The molecule has 2 aromatic carbocycles. The van der Waals surface area contributed by atoms with Crippen LogP contribution in [0.4, 0.5) is 0 Å². The van der Waals surface area contributed by atoms with Gasteiger partial charge >= 0.3 is 0 Å². The van der Waals surface area contributed by atoms with E-state index in [1.807, 2.05) is 44.2 Å². The molecule has 0 atom stereocenters. The summed E-state index contributed by atoms with van der Waals surface area (Å²) in [6.45, 7) is 3.93. The topological polar surface area (TPSA) is 78.1 Å². The van der Waals surface area contributed by atoms with Crippen molar-refractivity contribution in [2.24, 2.45) is 0 Å². The lowest BCUT2D eigenvalue weighted by Gasteiger charge is -2.13. The molecule has 0 unspecified atom stereocenters. The van der Waals surface area contributed by atoms with Crippen LogP contribution in [0.5, 0.6) is 0 Å². The first-order valence-electron chi connectivity index (χ1n) is 8.74. The van der Waals surface area contributed by atoms with Gasteiger partial charge in [-0.1, -0.05) is 36.4 Å². The van der Waals surface area contributed by atoms with Gasteiger partial charge in [0.1, 0.15) is 11.6 Å². The number of nitrogens with one attached hydrogen (secondary N) is 1. The average molecular weight is 359 g/mol. The number of fused-ring (bicyclic) bond motifs is 1. The Morgan fingerprint density at radius 2 is 1.96 bits per heavy atom. The van der Waals surface area contributed by atoms with Crippen molar-refractivity contribution < 1.29 is 9.90 Å². The highest BCUT2D eigenvalue weighted by Gasteiger charge is 2.14. The smallest absolute Gasteiger partial charge is 0.262 e. The van der Waals surface area contributed by atoms with Gasteiger partial charge in [0.25, 0.3) is 5.91 Å². The molecule has 136 valence electrons. The van der Waals surface area contributed by atoms with E-state index in [0.29, 0.717) is 0 Å². The summed E-state index contributed by atoms with van der Waals surface area (Å²) in [6, 6.07) is 18.3. The van der Waals surface area contributed by atoms with E-state index in [0.717, 1.165) is 33.4 Å². The molecule has 3 aromatic rings. The van der Waals surface area contributed by atoms with Crippen LogP contribution in [-0.2, 0) is 4.79 Å². The predicted molar refractivity (Wildman–Crippen MR) is 106 cm³/mol. The maximum Gasteiger partial charge on any atom is 0.262 e. The van der Waals surface area contributed by atoms with E-state index in [1.54, 1.807) is 6.08 Å². The molecule has 0 fully saturated rings. The maximum absolute atomic E-state index is 12.1. The van der Waals surface area contributed by atoms with E-state index in [1.165, 1.54) is 0 Å². The first-order valence-corrected chi connectivity index (χ1v) is 8.74. The molecule has 3 rings (SSSR count). The Morgan fingerprint density at radius 1 is 1.22 bits per heavy atom. The van der Waals surface area contributed by atoms with Crippen LogP contribution in [-0.4, -0.2) is 28.7 Å². The zero-order valence-electron chi connectivity index (χ0n) is 15.4. The minimum Gasteiger partial charge on any atom is -0.395 e. The second-order valence-corrected chi connectivity index (χ2v) is 6.31. The summed E-state index contributed by atoms with van der Waals surface area (Å²) in [7, 11) is 0. The number of aryl methyl sites for hydroxylation is 1. The van der Waals surface area contributed by atoms with E-state index in [9.17, 15) is 10.1 Å². The lowest BCUT2D eigenvalue weighted by atomic mass is 10.1. The van der Waals surface area contributed by atoms with Gasteiger partial charge < -0.3 is 15.0 Å².